The second kappa shape index (κ2) is 6.69. The quantitative estimate of drug-likeness (QED) is 0.328. The predicted octanol–water partition coefficient (Wildman–Crippen LogP) is 1.81. The van der Waals surface area contributed by atoms with Gasteiger partial charge in [-0.3, -0.25) is 4.52 Å². The van der Waals surface area contributed by atoms with E-state index >= 15 is 0 Å². The van der Waals surface area contributed by atoms with Crippen LogP contribution in [0.5, 0.6) is 5.75 Å². The maximum atomic E-state index is 12.5. The number of nitrogens with zero attached hydrogens (tertiary/aromatic N) is 4. The average molecular weight is 381 g/mol. The molecule has 0 radical (unpaired) electrons. The first-order valence-corrected chi connectivity index (χ1v) is 8.79. The topological polar surface area (TPSA) is 113 Å². The molecule has 0 amide bonds. The summed E-state index contributed by atoms with van der Waals surface area (Å²) in [6.07, 6.45) is 1.50. The lowest BCUT2D eigenvalue weighted by Gasteiger charge is -2.07. The number of fused-ring (bicyclic) bond motifs is 1. The Hall–Kier alpha value is -3.46. The molecule has 0 aliphatic rings. The molecule has 0 atom stereocenters. The zero-order valence-corrected chi connectivity index (χ0v) is 15.4. The summed E-state index contributed by atoms with van der Waals surface area (Å²) >= 11 is 1.19. The van der Waals surface area contributed by atoms with Crippen molar-refractivity contribution in [2.24, 2.45) is 12.0 Å². The van der Waals surface area contributed by atoms with Crippen molar-refractivity contribution in [1.82, 2.24) is 10.3 Å². The van der Waals surface area contributed by atoms with Crippen molar-refractivity contribution in [2.75, 3.05) is 12.8 Å². The summed E-state index contributed by atoms with van der Waals surface area (Å²) < 4.78 is 11.7. The number of methoxy groups -OCH3 is 1. The maximum Gasteiger partial charge on any atom is 0.320 e. The Bertz CT molecular complexity index is 1160. The highest BCUT2D eigenvalue weighted by Crippen LogP contribution is 2.36. The first kappa shape index (κ1) is 17.0. The van der Waals surface area contributed by atoms with Gasteiger partial charge < -0.3 is 15.6 Å². The van der Waals surface area contributed by atoms with Gasteiger partial charge in [-0.2, -0.15) is 0 Å². The molecule has 27 heavy (non-hydrogen) atoms. The van der Waals surface area contributed by atoms with E-state index in [1.165, 1.54) is 22.2 Å². The molecule has 0 saturated heterocycles. The van der Waals surface area contributed by atoms with Crippen LogP contribution in [-0.2, 0) is 7.05 Å². The van der Waals surface area contributed by atoms with E-state index < -0.39 is 5.90 Å². The Morgan fingerprint density at radius 2 is 2.11 bits per heavy atom. The molecule has 4 aromatic rings. The molecule has 8 nitrogen and oxygen atoms in total. The molecule has 2 N–H and O–H groups in total. The third-order valence-corrected chi connectivity index (χ3v) is 5.05. The fourth-order valence-corrected chi connectivity index (χ4v) is 3.65. The number of aryl methyl sites for hydroxylation is 1. The third-order valence-electron chi connectivity index (χ3n) is 3.94. The fraction of sp³-hybridized carbons (Fsp3) is 0.111. The number of hydrogen-bond acceptors (Lipinski definition) is 8. The van der Waals surface area contributed by atoms with Crippen molar-refractivity contribution < 1.29 is 19.0 Å². The minimum atomic E-state index is -0.494. The minimum absolute atomic E-state index is 0.113. The standard InChI is InChI=1S/C18H15N5O3S/c1-23-9-14(26-22-23)21-17(24)16-15(19)11-7-8-12(20-18(11)27-16)10-5-3-4-6-13(10)25-2/h3-9H,1-2H3,(H2-,19,21,22,24). The van der Waals surface area contributed by atoms with Crippen LogP contribution >= 0.6 is 11.3 Å². The first-order chi connectivity index (χ1) is 13.1. The molecular formula is C18H15N5O3S. The molecule has 0 aliphatic heterocycles. The van der Waals surface area contributed by atoms with Crippen LogP contribution < -0.4 is 20.3 Å². The van der Waals surface area contributed by atoms with E-state index in [4.69, 9.17) is 15.0 Å². The Kier molecular flexibility index (Phi) is 4.21. The molecule has 3 aromatic heterocycles. The van der Waals surface area contributed by atoms with E-state index in [1.807, 2.05) is 36.4 Å². The number of aliphatic imine (C=N–C) groups is 1. The van der Waals surface area contributed by atoms with Crippen LogP contribution in [-0.4, -0.2) is 23.3 Å². The SMILES string of the molecule is COc1ccccc1-c1ccc2c(N)c(/C([O-])=N/c3c[n+](C)no3)sc2n1. The van der Waals surface area contributed by atoms with Gasteiger partial charge in [-0.1, -0.05) is 16.8 Å². The van der Waals surface area contributed by atoms with Gasteiger partial charge >= 0.3 is 5.88 Å². The minimum Gasteiger partial charge on any atom is -0.857 e. The average Bonchev–Trinajstić information content (AvgIpc) is 3.24. The molecule has 136 valence electrons. The van der Waals surface area contributed by atoms with Crippen molar-refractivity contribution in [1.29, 1.82) is 0 Å². The van der Waals surface area contributed by atoms with Crippen molar-refractivity contribution in [3.63, 3.8) is 0 Å². The van der Waals surface area contributed by atoms with Crippen molar-refractivity contribution >= 4 is 39.0 Å². The summed E-state index contributed by atoms with van der Waals surface area (Å²) in [5, 5.41) is 16.8. The van der Waals surface area contributed by atoms with Gasteiger partial charge in [0.1, 0.15) is 10.6 Å². The van der Waals surface area contributed by atoms with Gasteiger partial charge in [-0.05, 0) is 24.3 Å². The Labute approximate surface area is 158 Å². The highest BCUT2D eigenvalue weighted by molar-refractivity contribution is 7.21. The summed E-state index contributed by atoms with van der Waals surface area (Å²) in [5.41, 5.74) is 8.11. The van der Waals surface area contributed by atoms with E-state index in [-0.39, 0.29) is 5.88 Å². The van der Waals surface area contributed by atoms with Gasteiger partial charge in [0.15, 0.2) is 12.3 Å². The number of pyridine rings is 1. The molecule has 4 rings (SSSR count). The number of para-hydroxylation sites is 1. The molecular weight excluding hydrogens is 366 g/mol. The Balaban J connectivity index is 1.79. The lowest BCUT2D eigenvalue weighted by Crippen LogP contribution is -2.27. The number of aromatic nitrogens is 3. The highest BCUT2D eigenvalue weighted by atomic mass is 32.1. The summed E-state index contributed by atoms with van der Waals surface area (Å²) in [5.74, 6) is 0.339. The second-order valence-corrected chi connectivity index (χ2v) is 6.72. The van der Waals surface area contributed by atoms with E-state index in [9.17, 15) is 5.11 Å². The number of anilines is 1. The van der Waals surface area contributed by atoms with Crippen molar-refractivity contribution in [2.45, 2.75) is 0 Å². The van der Waals surface area contributed by atoms with Gasteiger partial charge in [0.25, 0.3) is 6.20 Å². The van der Waals surface area contributed by atoms with E-state index in [1.54, 1.807) is 14.2 Å². The van der Waals surface area contributed by atoms with E-state index in [2.05, 4.69) is 15.2 Å². The molecule has 1 aromatic carbocycles. The number of rotatable bonds is 4. The van der Waals surface area contributed by atoms with Crippen LogP contribution in [0.3, 0.4) is 0 Å². The maximum absolute atomic E-state index is 12.5. The number of thiophene rings is 1. The van der Waals surface area contributed by atoms with Crippen LogP contribution in [0.25, 0.3) is 21.5 Å². The van der Waals surface area contributed by atoms with Gasteiger partial charge in [0.2, 0.25) is 0 Å². The normalized spacial score (nSPS) is 11.9. The number of ether oxygens (including phenoxy) is 1. The molecule has 0 aliphatic carbocycles. The van der Waals surface area contributed by atoms with Gasteiger partial charge in [-0.15, -0.1) is 11.3 Å². The molecule has 3 heterocycles. The molecule has 0 spiro atoms. The van der Waals surface area contributed by atoms with Crippen LogP contribution in [0.2, 0.25) is 0 Å². The Morgan fingerprint density at radius 3 is 2.85 bits per heavy atom. The Morgan fingerprint density at radius 1 is 1.30 bits per heavy atom. The zero-order valence-electron chi connectivity index (χ0n) is 14.5. The number of nitrogen functional groups attached to an aromatic ring is 1. The first-order valence-electron chi connectivity index (χ1n) is 7.98. The molecule has 9 heteroatoms. The third kappa shape index (κ3) is 3.08. The van der Waals surface area contributed by atoms with Crippen molar-refractivity contribution in [3.05, 3.63) is 47.5 Å². The second-order valence-electron chi connectivity index (χ2n) is 5.73. The van der Waals surface area contributed by atoms with Gasteiger partial charge in [-0.25, -0.2) is 9.98 Å². The summed E-state index contributed by atoms with van der Waals surface area (Å²) in [6.45, 7) is 0. The number of nitrogens with two attached hydrogens (primary N) is 1. The van der Waals surface area contributed by atoms with Crippen LogP contribution in [0, 0.1) is 0 Å². The van der Waals surface area contributed by atoms with E-state index in [0.29, 0.717) is 20.8 Å². The zero-order chi connectivity index (χ0) is 19.0. The lowest BCUT2D eigenvalue weighted by molar-refractivity contribution is -0.739. The monoisotopic (exact) mass is 381 g/mol. The summed E-state index contributed by atoms with van der Waals surface area (Å²) in [4.78, 5) is 9.53. The summed E-state index contributed by atoms with van der Waals surface area (Å²) in [7, 11) is 3.28. The largest absolute Gasteiger partial charge is 0.857 e. The number of benzene rings is 1. The van der Waals surface area contributed by atoms with E-state index in [0.717, 1.165) is 17.0 Å². The highest BCUT2D eigenvalue weighted by Gasteiger charge is 2.14. The van der Waals surface area contributed by atoms with Gasteiger partial charge in [0, 0.05) is 16.8 Å². The lowest BCUT2D eigenvalue weighted by atomic mass is 10.1. The fourth-order valence-electron chi connectivity index (χ4n) is 2.68. The molecule has 0 fully saturated rings. The van der Waals surface area contributed by atoms with Crippen LogP contribution in [0.1, 0.15) is 4.88 Å². The smallest absolute Gasteiger partial charge is 0.320 e. The number of hydrogen-bond donors (Lipinski definition) is 1. The van der Waals surface area contributed by atoms with Crippen LogP contribution in [0.4, 0.5) is 11.6 Å². The van der Waals surface area contributed by atoms with Crippen LogP contribution in [0.15, 0.2) is 52.1 Å². The predicted molar refractivity (Wildman–Crippen MR) is 99.9 cm³/mol. The summed E-state index contributed by atoms with van der Waals surface area (Å²) in [6, 6.07) is 11.3. The molecule has 0 saturated carbocycles. The van der Waals surface area contributed by atoms with Crippen molar-refractivity contribution in [3.8, 4) is 17.0 Å². The van der Waals surface area contributed by atoms with Gasteiger partial charge in [0.05, 0.1) is 23.4 Å². The molecule has 0 unspecified atom stereocenters. The molecule has 0 bridgehead atoms.